The van der Waals surface area contributed by atoms with Crippen LogP contribution in [0.3, 0.4) is 0 Å². The lowest BCUT2D eigenvalue weighted by atomic mass is 10.1. The van der Waals surface area contributed by atoms with Crippen LogP contribution < -0.4 is 15.8 Å². The minimum Gasteiger partial charge on any atom is -0.494 e. The summed E-state index contributed by atoms with van der Waals surface area (Å²) in [6.07, 6.45) is 0. The van der Waals surface area contributed by atoms with Gasteiger partial charge in [-0.3, -0.25) is 0 Å². The zero-order valence-electron chi connectivity index (χ0n) is 9.05. The molecule has 0 aromatic heterocycles. The molecule has 0 aliphatic heterocycles. The van der Waals surface area contributed by atoms with Gasteiger partial charge in [-0.05, 0) is 31.0 Å². The minimum absolute atomic E-state index is 0.621. The highest BCUT2D eigenvalue weighted by atomic mass is 16.5. The summed E-state index contributed by atoms with van der Waals surface area (Å²) >= 11 is 0. The predicted octanol–water partition coefficient (Wildman–Crippen LogP) is 1.68. The van der Waals surface area contributed by atoms with Crippen LogP contribution in [-0.2, 0) is 0 Å². The number of methoxy groups -OCH3 is 1. The van der Waals surface area contributed by atoms with E-state index in [4.69, 9.17) is 10.5 Å². The summed E-state index contributed by atoms with van der Waals surface area (Å²) < 4.78 is 5.32. The van der Waals surface area contributed by atoms with Gasteiger partial charge in [0.05, 0.1) is 12.8 Å². The molecule has 0 saturated carbocycles. The predicted molar refractivity (Wildman–Crippen MR) is 60.0 cm³/mol. The molecule has 0 unspecified atom stereocenters. The van der Waals surface area contributed by atoms with Crippen molar-refractivity contribution in [1.82, 2.24) is 0 Å². The second kappa shape index (κ2) is 4.86. The minimum atomic E-state index is 0.621. The number of nitrogens with two attached hydrogens (primary N) is 1. The molecule has 0 saturated heterocycles. The van der Waals surface area contributed by atoms with Crippen molar-refractivity contribution in [3.8, 4) is 5.75 Å². The highest BCUT2D eigenvalue weighted by Crippen LogP contribution is 2.29. The van der Waals surface area contributed by atoms with Gasteiger partial charge in [0.25, 0.3) is 0 Å². The first-order chi connectivity index (χ1) is 6.69. The fourth-order valence-electron chi connectivity index (χ4n) is 1.56. The quantitative estimate of drug-likeness (QED) is 0.766. The summed E-state index contributed by atoms with van der Waals surface area (Å²) in [5.41, 5.74) is 8.83. The van der Waals surface area contributed by atoms with Gasteiger partial charge in [-0.1, -0.05) is 6.07 Å². The number of aryl methyl sites for hydroxylation is 2. The van der Waals surface area contributed by atoms with Crippen LogP contribution in [0.4, 0.5) is 5.69 Å². The summed E-state index contributed by atoms with van der Waals surface area (Å²) in [6, 6.07) is 4.17. The molecule has 0 atom stereocenters. The number of rotatable bonds is 4. The smallest absolute Gasteiger partial charge is 0.144 e. The Labute approximate surface area is 85.3 Å². The Kier molecular flexibility index (Phi) is 3.77. The molecule has 1 rings (SSSR count). The summed E-state index contributed by atoms with van der Waals surface area (Å²) in [7, 11) is 1.69. The van der Waals surface area contributed by atoms with Crippen LogP contribution in [0.5, 0.6) is 5.75 Å². The van der Waals surface area contributed by atoms with Gasteiger partial charge in [-0.15, -0.1) is 0 Å². The average Bonchev–Trinajstić information content (AvgIpc) is 2.14. The van der Waals surface area contributed by atoms with Gasteiger partial charge >= 0.3 is 0 Å². The Morgan fingerprint density at radius 2 is 2.07 bits per heavy atom. The third-order valence-corrected chi connectivity index (χ3v) is 2.08. The van der Waals surface area contributed by atoms with Crippen LogP contribution in [0.1, 0.15) is 11.1 Å². The lowest BCUT2D eigenvalue weighted by Crippen LogP contribution is -2.14. The maximum absolute atomic E-state index is 5.44. The molecular weight excluding hydrogens is 176 g/mol. The molecule has 3 N–H and O–H groups in total. The van der Waals surface area contributed by atoms with Crippen LogP contribution >= 0.6 is 0 Å². The van der Waals surface area contributed by atoms with Crippen molar-refractivity contribution in [3.63, 3.8) is 0 Å². The van der Waals surface area contributed by atoms with Crippen LogP contribution in [0, 0.1) is 13.8 Å². The first-order valence-electron chi connectivity index (χ1n) is 4.78. The number of anilines is 1. The second-order valence-electron chi connectivity index (χ2n) is 3.38. The van der Waals surface area contributed by atoms with E-state index in [0.717, 1.165) is 23.5 Å². The number of hydrogen-bond donors (Lipinski definition) is 2. The van der Waals surface area contributed by atoms with E-state index in [0.29, 0.717) is 6.54 Å². The zero-order chi connectivity index (χ0) is 10.6. The fourth-order valence-corrected chi connectivity index (χ4v) is 1.56. The third-order valence-electron chi connectivity index (χ3n) is 2.08. The van der Waals surface area contributed by atoms with Gasteiger partial charge < -0.3 is 15.8 Å². The summed E-state index contributed by atoms with van der Waals surface area (Å²) in [5.74, 6) is 0.907. The maximum Gasteiger partial charge on any atom is 0.144 e. The zero-order valence-corrected chi connectivity index (χ0v) is 9.05. The number of hydrogen-bond acceptors (Lipinski definition) is 3. The molecule has 78 valence electrons. The normalized spacial score (nSPS) is 10.0. The van der Waals surface area contributed by atoms with E-state index in [1.807, 2.05) is 6.92 Å². The molecule has 0 spiro atoms. The van der Waals surface area contributed by atoms with Gasteiger partial charge in [-0.25, -0.2) is 0 Å². The van der Waals surface area contributed by atoms with Gasteiger partial charge in [0.2, 0.25) is 0 Å². The summed E-state index contributed by atoms with van der Waals surface area (Å²) in [5, 5.41) is 3.25. The fraction of sp³-hybridized carbons (Fsp3) is 0.455. The van der Waals surface area contributed by atoms with E-state index in [1.165, 1.54) is 5.56 Å². The molecule has 3 nitrogen and oxygen atoms in total. The van der Waals surface area contributed by atoms with E-state index in [9.17, 15) is 0 Å². The van der Waals surface area contributed by atoms with Crippen molar-refractivity contribution in [3.05, 3.63) is 23.3 Å². The third kappa shape index (κ3) is 2.39. The molecule has 0 radical (unpaired) electrons. The lowest BCUT2D eigenvalue weighted by molar-refractivity contribution is 0.413. The van der Waals surface area contributed by atoms with Crippen LogP contribution in [0.2, 0.25) is 0 Å². The molecule has 0 fully saturated rings. The first kappa shape index (κ1) is 10.9. The Morgan fingerprint density at radius 1 is 1.36 bits per heavy atom. The lowest BCUT2D eigenvalue weighted by Gasteiger charge is -2.13. The van der Waals surface area contributed by atoms with Crippen LogP contribution in [-0.4, -0.2) is 20.2 Å². The Morgan fingerprint density at radius 3 is 2.64 bits per heavy atom. The van der Waals surface area contributed by atoms with E-state index in [-0.39, 0.29) is 0 Å². The number of ether oxygens (including phenoxy) is 1. The average molecular weight is 194 g/mol. The molecule has 0 aliphatic carbocycles. The largest absolute Gasteiger partial charge is 0.494 e. The van der Waals surface area contributed by atoms with Crippen molar-refractivity contribution >= 4 is 5.69 Å². The standard InChI is InChI=1S/C11H18N2O/c1-8-6-9(2)11(14-3)10(7-8)13-5-4-12/h6-7,13H,4-5,12H2,1-3H3. The second-order valence-corrected chi connectivity index (χ2v) is 3.38. The molecule has 14 heavy (non-hydrogen) atoms. The SMILES string of the molecule is COc1c(C)cc(C)cc1NCCN. The van der Waals surface area contributed by atoms with E-state index >= 15 is 0 Å². The molecular formula is C11H18N2O. The molecule has 0 bridgehead atoms. The molecule has 1 aromatic rings. The molecule has 1 aromatic carbocycles. The monoisotopic (exact) mass is 194 g/mol. The molecule has 0 heterocycles. The molecule has 0 amide bonds. The van der Waals surface area contributed by atoms with Crippen molar-refractivity contribution in [2.75, 3.05) is 25.5 Å². The Bertz CT molecular complexity index is 310. The van der Waals surface area contributed by atoms with Crippen molar-refractivity contribution < 1.29 is 4.74 Å². The first-order valence-corrected chi connectivity index (χ1v) is 4.78. The number of benzene rings is 1. The number of nitrogens with one attached hydrogen (secondary N) is 1. The van der Waals surface area contributed by atoms with Gasteiger partial charge in [-0.2, -0.15) is 0 Å². The topological polar surface area (TPSA) is 47.3 Å². The van der Waals surface area contributed by atoms with E-state index in [1.54, 1.807) is 7.11 Å². The maximum atomic E-state index is 5.44. The van der Waals surface area contributed by atoms with Crippen molar-refractivity contribution in [2.45, 2.75) is 13.8 Å². The highest BCUT2D eigenvalue weighted by molar-refractivity contribution is 5.61. The summed E-state index contributed by atoms with van der Waals surface area (Å²) in [6.45, 7) is 5.49. The molecule has 0 aliphatic rings. The van der Waals surface area contributed by atoms with Crippen molar-refractivity contribution in [2.24, 2.45) is 5.73 Å². The Balaban J connectivity index is 2.99. The Hall–Kier alpha value is -1.22. The highest BCUT2D eigenvalue weighted by Gasteiger charge is 2.05. The van der Waals surface area contributed by atoms with Gasteiger partial charge in [0, 0.05) is 13.1 Å². The van der Waals surface area contributed by atoms with Crippen LogP contribution in [0.25, 0.3) is 0 Å². The summed E-state index contributed by atoms with van der Waals surface area (Å²) in [4.78, 5) is 0. The van der Waals surface area contributed by atoms with E-state index in [2.05, 4.69) is 24.4 Å². The molecule has 3 heteroatoms. The van der Waals surface area contributed by atoms with Gasteiger partial charge in [0.1, 0.15) is 5.75 Å². The van der Waals surface area contributed by atoms with Gasteiger partial charge in [0.15, 0.2) is 0 Å². The van der Waals surface area contributed by atoms with E-state index < -0.39 is 0 Å². The van der Waals surface area contributed by atoms with Crippen molar-refractivity contribution in [1.29, 1.82) is 0 Å². The van der Waals surface area contributed by atoms with Crippen LogP contribution in [0.15, 0.2) is 12.1 Å².